The van der Waals surface area contributed by atoms with E-state index in [4.69, 9.17) is 9.26 Å². The fraction of sp³-hybridized carbons (Fsp3) is 0.286. The van der Waals surface area contributed by atoms with E-state index in [-0.39, 0.29) is 11.4 Å². The van der Waals surface area contributed by atoms with E-state index < -0.39 is 11.4 Å². The molecule has 8 nitrogen and oxygen atoms in total. The van der Waals surface area contributed by atoms with Crippen LogP contribution in [-0.4, -0.2) is 28.9 Å². The zero-order valence-electron chi connectivity index (χ0n) is 16.7. The van der Waals surface area contributed by atoms with E-state index in [1.165, 1.54) is 4.68 Å². The van der Waals surface area contributed by atoms with Crippen molar-refractivity contribution in [3.8, 4) is 17.5 Å². The van der Waals surface area contributed by atoms with Gasteiger partial charge in [-0.1, -0.05) is 25.1 Å². The molecular formula is C21H21N4O4S+. The lowest BCUT2D eigenvalue weighted by atomic mass is 10.2. The van der Waals surface area contributed by atoms with E-state index in [1.807, 2.05) is 6.07 Å². The molecule has 1 N–H and O–H groups in total. The molecule has 3 rings (SSSR count). The predicted molar refractivity (Wildman–Crippen MR) is 110 cm³/mol. The minimum Gasteiger partial charge on any atom is -0.497 e. The molecule has 0 aliphatic rings. The molecule has 2 aromatic heterocycles. The minimum atomic E-state index is -0.762. The number of thioether (sulfide) groups is 1. The highest BCUT2D eigenvalue weighted by Gasteiger charge is 2.30. The van der Waals surface area contributed by atoms with Gasteiger partial charge < -0.3 is 4.74 Å². The maximum Gasteiger partial charge on any atom is 0.438 e. The van der Waals surface area contributed by atoms with Gasteiger partial charge in [0.2, 0.25) is 11.5 Å². The smallest absolute Gasteiger partial charge is 0.438 e. The van der Waals surface area contributed by atoms with E-state index >= 15 is 0 Å². The van der Waals surface area contributed by atoms with Crippen molar-refractivity contribution < 1.29 is 18.7 Å². The summed E-state index contributed by atoms with van der Waals surface area (Å²) in [5, 5.41) is 12.3. The number of hydrogen-bond acceptors (Lipinski definition) is 7. The first-order valence-electron chi connectivity index (χ1n) is 9.41. The molecule has 0 aliphatic carbocycles. The first-order chi connectivity index (χ1) is 14.6. The lowest BCUT2D eigenvalue weighted by Crippen LogP contribution is -2.41. The molecule has 0 amide bonds. The van der Waals surface area contributed by atoms with E-state index in [9.17, 15) is 14.9 Å². The summed E-state index contributed by atoms with van der Waals surface area (Å²) in [6.07, 6.45) is 2.84. The number of nitrogens with zero attached hydrogens (tertiary/aromatic N) is 3. The van der Waals surface area contributed by atoms with Gasteiger partial charge in [-0.2, -0.15) is 5.26 Å². The largest absolute Gasteiger partial charge is 0.497 e. The van der Waals surface area contributed by atoms with E-state index in [2.05, 4.69) is 23.2 Å². The standard InChI is InChI=1S/C21H20N4O4S/c1-3-4-5-15-7-6-14(12-22)20(23-15)30-13-18(26)19-21(27)29-24-25(19)16-8-10-17(28-2)11-9-16/h6-11H,3-5,13H2,1-2H3/p+1. The van der Waals surface area contributed by atoms with Crippen molar-refractivity contribution in [2.45, 2.75) is 31.2 Å². The fourth-order valence-electron chi connectivity index (χ4n) is 2.80. The normalized spacial score (nSPS) is 10.6. The van der Waals surface area contributed by atoms with Gasteiger partial charge in [0.15, 0.2) is 0 Å². The Hall–Kier alpha value is -3.38. The van der Waals surface area contributed by atoms with Gasteiger partial charge in [0, 0.05) is 17.8 Å². The number of nitrogens with one attached hydrogen (secondary N) is 1. The average Bonchev–Trinajstić information content (AvgIpc) is 3.17. The second-order valence-corrected chi connectivity index (χ2v) is 7.41. The van der Waals surface area contributed by atoms with Gasteiger partial charge in [-0.25, -0.2) is 9.78 Å². The number of aromatic amines is 1. The number of aryl methyl sites for hydroxylation is 1. The number of H-pyrrole nitrogens is 1. The van der Waals surface area contributed by atoms with Gasteiger partial charge in [0.1, 0.15) is 16.8 Å². The molecule has 154 valence electrons. The van der Waals surface area contributed by atoms with Gasteiger partial charge in [-0.05, 0) is 47.1 Å². The van der Waals surface area contributed by atoms with Crippen LogP contribution in [0.2, 0.25) is 0 Å². The molecule has 0 unspecified atom stereocenters. The number of pyridine rings is 1. The van der Waals surface area contributed by atoms with Crippen LogP contribution in [0.4, 0.5) is 0 Å². The number of unbranched alkanes of at least 4 members (excludes halogenated alkanes) is 1. The fourth-order valence-corrected chi connectivity index (χ4v) is 3.65. The van der Waals surface area contributed by atoms with Crippen molar-refractivity contribution in [2.24, 2.45) is 0 Å². The van der Waals surface area contributed by atoms with E-state index in [0.29, 0.717) is 22.0 Å². The first-order valence-corrected chi connectivity index (χ1v) is 10.4. The third-order valence-electron chi connectivity index (χ3n) is 4.41. The lowest BCUT2D eigenvalue weighted by Gasteiger charge is -2.05. The first kappa shape index (κ1) is 21.3. The molecule has 0 aliphatic heterocycles. The highest BCUT2D eigenvalue weighted by atomic mass is 32.2. The van der Waals surface area contributed by atoms with Crippen LogP contribution in [0.1, 0.15) is 41.5 Å². The maximum absolute atomic E-state index is 12.8. The van der Waals surface area contributed by atoms with Gasteiger partial charge in [0.05, 0.1) is 18.4 Å². The number of carbonyl (C=O) groups excluding carboxylic acids is 1. The molecule has 1 aromatic carbocycles. The Balaban J connectivity index is 1.81. The summed E-state index contributed by atoms with van der Waals surface area (Å²) in [6.45, 7) is 2.10. The summed E-state index contributed by atoms with van der Waals surface area (Å²) < 4.78 is 11.3. The Kier molecular flexibility index (Phi) is 7.03. The maximum atomic E-state index is 12.8. The van der Waals surface area contributed by atoms with Gasteiger partial charge in [-0.3, -0.25) is 9.32 Å². The molecule has 0 fully saturated rings. The number of benzene rings is 1. The Morgan fingerprint density at radius 1 is 1.30 bits per heavy atom. The summed E-state index contributed by atoms with van der Waals surface area (Å²) in [6, 6.07) is 12.5. The molecule has 0 bridgehead atoms. The van der Waals surface area contributed by atoms with Gasteiger partial charge in [0.25, 0.3) is 0 Å². The highest BCUT2D eigenvalue weighted by molar-refractivity contribution is 8.00. The Bertz CT molecular complexity index is 1130. The van der Waals surface area contributed by atoms with Crippen molar-refractivity contribution in [1.29, 1.82) is 5.26 Å². The molecule has 0 atom stereocenters. The number of Topliss-reactive ketones (excluding diaryl/α,β-unsaturated/α-hetero) is 1. The van der Waals surface area contributed by atoms with Gasteiger partial charge >= 0.3 is 11.3 Å². The third kappa shape index (κ3) is 4.78. The number of ketones is 1. The van der Waals surface area contributed by atoms with Crippen LogP contribution in [0.5, 0.6) is 5.75 Å². The van der Waals surface area contributed by atoms with Crippen molar-refractivity contribution in [2.75, 3.05) is 12.9 Å². The van der Waals surface area contributed by atoms with Crippen LogP contribution in [0.3, 0.4) is 0 Å². The molecule has 9 heteroatoms. The van der Waals surface area contributed by atoms with Gasteiger partial charge in [-0.15, -0.1) is 0 Å². The SMILES string of the molecule is CCCCc1ccc(C#N)c(SCC(=O)c2c(=O)o[nH][n+]2-c2ccc(OC)cc2)n1. The molecule has 0 spiro atoms. The lowest BCUT2D eigenvalue weighted by molar-refractivity contribution is -0.672. The summed E-state index contributed by atoms with van der Waals surface area (Å²) in [4.78, 5) is 29.5. The number of methoxy groups -OCH3 is 1. The molecule has 0 saturated heterocycles. The molecule has 3 aromatic rings. The Morgan fingerprint density at radius 2 is 2.07 bits per heavy atom. The number of ether oxygens (including phenoxy) is 1. The van der Waals surface area contributed by atoms with Crippen molar-refractivity contribution in [3.63, 3.8) is 0 Å². The minimum absolute atomic E-state index is 0.0579. The number of hydrogen-bond donors (Lipinski definition) is 1. The van der Waals surface area contributed by atoms with Crippen LogP contribution in [-0.2, 0) is 6.42 Å². The molecule has 0 radical (unpaired) electrons. The summed E-state index contributed by atoms with van der Waals surface area (Å²) in [5.41, 5.74) is 0.930. The van der Waals surface area contributed by atoms with Crippen LogP contribution >= 0.6 is 11.8 Å². The number of rotatable bonds is 9. The van der Waals surface area contributed by atoms with Crippen molar-refractivity contribution in [1.82, 2.24) is 10.3 Å². The Morgan fingerprint density at radius 3 is 2.73 bits per heavy atom. The number of carbonyl (C=O) groups is 1. The van der Waals surface area contributed by atoms with Crippen molar-refractivity contribution >= 4 is 17.5 Å². The summed E-state index contributed by atoms with van der Waals surface area (Å²) in [5.74, 6) is 0.152. The van der Waals surface area contributed by atoms with E-state index in [0.717, 1.165) is 36.7 Å². The predicted octanol–water partition coefficient (Wildman–Crippen LogP) is 2.84. The Labute approximate surface area is 177 Å². The van der Waals surface area contributed by atoms with Crippen LogP contribution < -0.4 is 15.0 Å². The van der Waals surface area contributed by atoms with Crippen molar-refractivity contribution in [3.05, 3.63) is 63.8 Å². The second-order valence-electron chi connectivity index (χ2n) is 6.45. The topological polar surface area (TPSA) is 113 Å². The zero-order valence-corrected chi connectivity index (χ0v) is 17.5. The summed E-state index contributed by atoms with van der Waals surface area (Å²) >= 11 is 1.13. The van der Waals surface area contributed by atoms with Crippen LogP contribution in [0.15, 0.2) is 50.7 Å². The summed E-state index contributed by atoms with van der Waals surface area (Å²) in [7, 11) is 1.55. The van der Waals surface area contributed by atoms with Crippen LogP contribution in [0, 0.1) is 11.3 Å². The average molecular weight is 425 g/mol. The van der Waals surface area contributed by atoms with E-state index in [1.54, 1.807) is 37.4 Å². The quantitative estimate of drug-likeness (QED) is 0.319. The number of nitriles is 1. The second kappa shape index (κ2) is 9.89. The molecular weight excluding hydrogens is 404 g/mol. The zero-order chi connectivity index (χ0) is 21.5. The third-order valence-corrected chi connectivity index (χ3v) is 5.40. The number of aromatic nitrogens is 3. The monoisotopic (exact) mass is 425 g/mol. The highest BCUT2D eigenvalue weighted by Crippen LogP contribution is 2.22. The molecule has 0 saturated carbocycles. The molecule has 2 heterocycles. The van der Waals surface area contributed by atoms with Crippen LogP contribution in [0.25, 0.3) is 5.69 Å². The molecule has 30 heavy (non-hydrogen) atoms.